The maximum Gasteiger partial charge on any atom is 0.155 e. The summed E-state index contributed by atoms with van der Waals surface area (Å²) >= 11 is 0. The average molecular weight is 164 g/mol. The summed E-state index contributed by atoms with van der Waals surface area (Å²) in [6, 6.07) is 0. The van der Waals surface area contributed by atoms with Crippen molar-refractivity contribution in [3.8, 4) is 0 Å². The molecule has 12 heavy (non-hydrogen) atoms. The maximum atomic E-state index is 11.0. The summed E-state index contributed by atoms with van der Waals surface area (Å²) in [5.74, 6) is 0.226. The van der Waals surface area contributed by atoms with Gasteiger partial charge in [-0.15, -0.1) is 0 Å². The molecular weight excluding hydrogens is 148 g/mol. The molecule has 0 bridgehead atoms. The molecule has 0 N–H and O–H groups in total. The molecule has 1 aliphatic carbocycles. The zero-order valence-corrected chi connectivity index (χ0v) is 8.11. The molecule has 0 saturated heterocycles. The normalized spacial score (nSPS) is 17.8. The van der Waals surface area contributed by atoms with Gasteiger partial charge < -0.3 is 0 Å². The van der Waals surface area contributed by atoms with Crippen molar-refractivity contribution in [3.05, 3.63) is 22.8 Å². The fraction of sp³-hybridized carbons (Fsp3) is 0.545. The topological polar surface area (TPSA) is 17.1 Å². The van der Waals surface area contributed by atoms with Crippen LogP contribution in [-0.4, -0.2) is 5.78 Å². The molecule has 0 fully saturated rings. The molecule has 1 rings (SSSR count). The van der Waals surface area contributed by atoms with Crippen LogP contribution in [0.15, 0.2) is 22.8 Å². The predicted molar refractivity (Wildman–Crippen MR) is 51.0 cm³/mol. The van der Waals surface area contributed by atoms with Gasteiger partial charge in [-0.1, -0.05) is 24.1 Å². The summed E-state index contributed by atoms with van der Waals surface area (Å²) < 4.78 is 0. The van der Waals surface area contributed by atoms with Crippen LogP contribution in [0.3, 0.4) is 0 Å². The van der Waals surface area contributed by atoms with E-state index in [9.17, 15) is 4.79 Å². The second kappa shape index (κ2) is 3.70. The van der Waals surface area contributed by atoms with Crippen molar-refractivity contribution in [1.82, 2.24) is 0 Å². The third-order valence-corrected chi connectivity index (χ3v) is 2.52. The van der Waals surface area contributed by atoms with Gasteiger partial charge in [0.2, 0.25) is 0 Å². The first-order valence-electron chi connectivity index (χ1n) is 4.55. The lowest BCUT2D eigenvalue weighted by Gasteiger charge is -2.15. The number of rotatable bonds is 2. The SMILES string of the molecule is CCC1=C(C)C=C(C(C)=O)CC1. The van der Waals surface area contributed by atoms with Crippen LogP contribution in [-0.2, 0) is 4.79 Å². The van der Waals surface area contributed by atoms with Gasteiger partial charge in [0.05, 0.1) is 0 Å². The highest BCUT2D eigenvalue weighted by Gasteiger charge is 2.11. The Morgan fingerprint density at radius 1 is 1.50 bits per heavy atom. The Hall–Kier alpha value is -0.850. The summed E-state index contributed by atoms with van der Waals surface area (Å²) in [6.07, 6.45) is 5.18. The van der Waals surface area contributed by atoms with Gasteiger partial charge in [-0.3, -0.25) is 4.79 Å². The summed E-state index contributed by atoms with van der Waals surface area (Å²) in [5.41, 5.74) is 3.79. The molecular formula is C11H16O. The Bertz CT molecular complexity index is 256. The van der Waals surface area contributed by atoms with E-state index in [1.807, 2.05) is 6.08 Å². The average Bonchev–Trinajstić information content (AvgIpc) is 2.04. The quantitative estimate of drug-likeness (QED) is 0.613. The molecule has 1 nitrogen and oxygen atoms in total. The summed E-state index contributed by atoms with van der Waals surface area (Å²) in [4.78, 5) is 11.0. The predicted octanol–water partition coefficient (Wildman–Crippen LogP) is 3.02. The highest BCUT2D eigenvalue weighted by atomic mass is 16.1. The number of hydrogen-bond donors (Lipinski definition) is 0. The second-order valence-corrected chi connectivity index (χ2v) is 3.37. The maximum absolute atomic E-state index is 11.0. The van der Waals surface area contributed by atoms with E-state index < -0.39 is 0 Å². The summed E-state index contributed by atoms with van der Waals surface area (Å²) in [5, 5.41) is 0. The van der Waals surface area contributed by atoms with E-state index in [1.54, 1.807) is 6.92 Å². The van der Waals surface area contributed by atoms with Gasteiger partial charge in [-0.2, -0.15) is 0 Å². The summed E-state index contributed by atoms with van der Waals surface area (Å²) in [7, 11) is 0. The molecule has 1 heteroatoms. The van der Waals surface area contributed by atoms with Gasteiger partial charge >= 0.3 is 0 Å². The monoisotopic (exact) mass is 164 g/mol. The molecule has 0 radical (unpaired) electrons. The Balaban J connectivity index is 2.88. The highest BCUT2D eigenvalue weighted by Crippen LogP contribution is 2.25. The van der Waals surface area contributed by atoms with Gasteiger partial charge in [0.15, 0.2) is 5.78 Å². The van der Waals surface area contributed by atoms with Crippen molar-refractivity contribution in [3.63, 3.8) is 0 Å². The van der Waals surface area contributed by atoms with Crippen LogP contribution < -0.4 is 0 Å². The van der Waals surface area contributed by atoms with Crippen LogP contribution in [0.4, 0.5) is 0 Å². The smallest absolute Gasteiger partial charge is 0.155 e. The highest BCUT2D eigenvalue weighted by molar-refractivity contribution is 5.94. The molecule has 0 aliphatic heterocycles. The fourth-order valence-electron chi connectivity index (χ4n) is 1.65. The van der Waals surface area contributed by atoms with Crippen LogP contribution in [0.2, 0.25) is 0 Å². The molecule has 0 spiro atoms. The lowest BCUT2D eigenvalue weighted by atomic mass is 9.90. The number of carbonyl (C=O) groups is 1. The Labute approximate surface area is 74.2 Å². The van der Waals surface area contributed by atoms with E-state index in [4.69, 9.17) is 0 Å². The van der Waals surface area contributed by atoms with E-state index in [-0.39, 0.29) is 5.78 Å². The molecule has 1 aliphatic rings. The van der Waals surface area contributed by atoms with Crippen LogP contribution in [0.1, 0.15) is 40.0 Å². The van der Waals surface area contributed by atoms with Gasteiger partial charge in [-0.05, 0) is 38.7 Å². The minimum absolute atomic E-state index is 0.226. The standard InChI is InChI=1S/C11H16O/c1-4-10-5-6-11(9(3)12)7-8(10)2/h7H,4-6H2,1-3H3. The van der Waals surface area contributed by atoms with Gasteiger partial charge in [0, 0.05) is 0 Å². The van der Waals surface area contributed by atoms with Crippen LogP contribution >= 0.6 is 0 Å². The number of hydrogen-bond acceptors (Lipinski definition) is 1. The molecule has 0 atom stereocenters. The minimum Gasteiger partial charge on any atom is -0.295 e. The molecule has 0 saturated carbocycles. The van der Waals surface area contributed by atoms with E-state index in [0.29, 0.717) is 0 Å². The van der Waals surface area contributed by atoms with Crippen molar-refractivity contribution in [1.29, 1.82) is 0 Å². The first-order chi connectivity index (χ1) is 5.65. The second-order valence-electron chi connectivity index (χ2n) is 3.37. The largest absolute Gasteiger partial charge is 0.295 e. The number of ketones is 1. The molecule has 0 heterocycles. The van der Waals surface area contributed by atoms with E-state index >= 15 is 0 Å². The van der Waals surface area contributed by atoms with E-state index in [2.05, 4.69) is 13.8 Å². The third-order valence-electron chi connectivity index (χ3n) is 2.52. The zero-order valence-electron chi connectivity index (χ0n) is 8.11. The van der Waals surface area contributed by atoms with Crippen LogP contribution in [0, 0.1) is 0 Å². The first kappa shape index (κ1) is 9.24. The Morgan fingerprint density at radius 2 is 2.17 bits per heavy atom. The van der Waals surface area contributed by atoms with E-state index in [1.165, 1.54) is 11.1 Å². The molecule has 0 aromatic heterocycles. The number of carbonyl (C=O) groups excluding carboxylic acids is 1. The van der Waals surface area contributed by atoms with Crippen molar-refractivity contribution < 1.29 is 4.79 Å². The third kappa shape index (κ3) is 1.84. The van der Waals surface area contributed by atoms with Crippen LogP contribution in [0.5, 0.6) is 0 Å². The fourth-order valence-corrected chi connectivity index (χ4v) is 1.65. The molecule has 0 unspecified atom stereocenters. The zero-order chi connectivity index (χ0) is 9.14. The van der Waals surface area contributed by atoms with Gasteiger partial charge in [0.1, 0.15) is 0 Å². The molecule has 0 aromatic rings. The van der Waals surface area contributed by atoms with Crippen molar-refractivity contribution in [2.45, 2.75) is 40.0 Å². The number of Topliss-reactive ketones (excluding diaryl/α,β-unsaturated/α-hetero) is 1. The Morgan fingerprint density at radius 3 is 2.58 bits per heavy atom. The van der Waals surface area contributed by atoms with Crippen LogP contribution in [0.25, 0.3) is 0 Å². The minimum atomic E-state index is 0.226. The van der Waals surface area contributed by atoms with Gasteiger partial charge in [-0.25, -0.2) is 0 Å². The molecule has 0 amide bonds. The van der Waals surface area contributed by atoms with Crippen molar-refractivity contribution in [2.24, 2.45) is 0 Å². The lowest BCUT2D eigenvalue weighted by Crippen LogP contribution is -2.03. The first-order valence-corrected chi connectivity index (χ1v) is 4.55. The van der Waals surface area contributed by atoms with Crippen molar-refractivity contribution in [2.75, 3.05) is 0 Å². The molecule has 0 aromatic carbocycles. The lowest BCUT2D eigenvalue weighted by molar-refractivity contribution is -0.113. The Kier molecular flexibility index (Phi) is 2.85. The van der Waals surface area contributed by atoms with Gasteiger partial charge in [0.25, 0.3) is 0 Å². The number of allylic oxidation sites excluding steroid dienone is 4. The summed E-state index contributed by atoms with van der Waals surface area (Å²) in [6.45, 7) is 5.92. The molecule has 66 valence electrons. The van der Waals surface area contributed by atoms with Crippen molar-refractivity contribution >= 4 is 5.78 Å². The van der Waals surface area contributed by atoms with E-state index in [0.717, 1.165) is 24.8 Å².